The van der Waals surface area contributed by atoms with Crippen LogP contribution in [0.2, 0.25) is 0 Å². The van der Waals surface area contributed by atoms with Crippen LogP contribution in [0, 0.1) is 56.7 Å². The molecule has 3 rings (SSSR count). The highest BCUT2D eigenvalue weighted by Gasteiger charge is 2.59. The first kappa shape index (κ1) is 21.6. The molecule has 1 aromatic rings. The Morgan fingerprint density at radius 3 is 2.43 bits per heavy atom. The van der Waals surface area contributed by atoms with Crippen molar-refractivity contribution in [3.63, 3.8) is 0 Å². The Balaban J connectivity index is 2.30. The lowest BCUT2D eigenvalue weighted by Gasteiger charge is -2.48. The van der Waals surface area contributed by atoms with Gasteiger partial charge in [0.15, 0.2) is 5.41 Å². The van der Waals surface area contributed by atoms with Gasteiger partial charge in [0, 0.05) is 24.9 Å². The molecule has 1 aromatic carbocycles. The molecule has 0 bridgehead atoms. The smallest absolute Gasteiger partial charge is 0.305 e. The normalized spacial score (nSPS) is 26.0. The van der Waals surface area contributed by atoms with Crippen LogP contribution in [0.15, 0.2) is 35.9 Å². The standard InChI is InChI=1S/C22H20F3N5/c1-2-8-30-9-7-14-16(10-26)20(29)21(12-27,13-28)19(17(14)11-30)15-5-3-4-6-18(15)22(23,24)25/h3-7,16-17,19,29H,2,8-9,11H2,1H3/t16?,17-,19-/m1/s1. The summed E-state index contributed by atoms with van der Waals surface area (Å²) in [5, 5.41) is 38.1. The molecule has 1 N–H and O–H groups in total. The predicted octanol–water partition coefficient (Wildman–Crippen LogP) is 4.26. The maximum atomic E-state index is 13.8. The molecule has 1 heterocycles. The van der Waals surface area contributed by atoms with Gasteiger partial charge in [-0.2, -0.15) is 29.0 Å². The number of nitrogens with one attached hydrogen (secondary N) is 1. The molecule has 8 heteroatoms. The van der Waals surface area contributed by atoms with Gasteiger partial charge in [-0.1, -0.05) is 31.2 Å². The summed E-state index contributed by atoms with van der Waals surface area (Å²) in [5.41, 5.74) is -3.15. The summed E-state index contributed by atoms with van der Waals surface area (Å²) >= 11 is 0. The molecule has 0 radical (unpaired) electrons. The number of halogens is 3. The molecule has 2 aliphatic rings. The summed E-state index contributed by atoms with van der Waals surface area (Å²) in [5.74, 6) is -2.94. The van der Waals surface area contributed by atoms with Gasteiger partial charge in [0.2, 0.25) is 0 Å². The lowest BCUT2D eigenvalue weighted by atomic mass is 9.54. The van der Waals surface area contributed by atoms with Crippen LogP contribution in [0.5, 0.6) is 0 Å². The van der Waals surface area contributed by atoms with Crippen LogP contribution in [0.3, 0.4) is 0 Å². The van der Waals surface area contributed by atoms with E-state index in [-0.39, 0.29) is 5.56 Å². The first-order chi connectivity index (χ1) is 14.2. The molecule has 0 saturated heterocycles. The SMILES string of the molecule is CCCN1CC=C2C(C#N)C(=N)C(C#N)(C#N)[C@H](c3ccccc3C(F)(F)F)[C@@H]2C1. The fraction of sp³-hybridized carbons (Fsp3) is 0.455. The highest BCUT2D eigenvalue weighted by molar-refractivity contribution is 6.00. The zero-order valence-corrected chi connectivity index (χ0v) is 16.4. The van der Waals surface area contributed by atoms with Crippen LogP contribution in [-0.4, -0.2) is 30.2 Å². The summed E-state index contributed by atoms with van der Waals surface area (Å²) in [6, 6.07) is 10.6. The van der Waals surface area contributed by atoms with Gasteiger partial charge in [-0.05, 0) is 30.2 Å². The van der Waals surface area contributed by atoms with Crippen molar-refractivity contribution in [2.45, 2.75) is 25.4 Å². The van der Waals surface area contributed by atoms with E-state index < -0.39 is 40.6 Å². The fourth-order valence-corrected chi connectivity index (χ4v) is 4.74. The van der Waals surface area contributed by atoms with Gasteiger partial charge in [0.05, 0.1) is 29.5 Å². The van der Waals surface area contributed by atoms with E-state index in [1.54, 1.807) is 6.08 Å². The number of rotatable bonds is 3. The molecule has 0 amide bonds. The Bertz CT molecular complexity index is 991. The Hall–Kier alpha value is -3.15. The zero-order chi connectivity index (χ0) is 22.1. The topological polar surface area (TPSA) is 98.5 Å². The molecule has 5 nitrogen and oxygen atoms in total. The largest absolute Gasteiger partial charge is 0.416 e. The second-order valence-electron chi connectivity index (χ2n) is 7.64. The molecule has 1 unspecified atom stereocenters. The Morgan fingerprint density at radius 1 is 1.20 bits per heavy atom. The minimum atomic E-state index is -4.68. The first-order valence-corrected chi connectivity index (χ1v) is 9.64. The Morgan fingerprint density at radius 2 is 1.87 bits per heavy atom. The fourth-order valence-electron chi connectivity index (χ4n) is 4.74. The second-order valence-corrected chi connectivity index (χ2v) is 7.64. The minimum Gasteiger partial charge on any atom is -0.305 e. The number of nitrogens with zero attached hydrogens (tertiary/aromatic N) is 4. The van der Waals surface area contributed by atoms with E-state index in [4.69, 9.17) is 5.41 Å². The average molecular weight is 411 g/mol. The lowest BCUT2D eigenvalue weighted by molar-refractivity contribution is -0.138. The molecule has 0 aromatic heterocycles. The van der Waals surface area contributed by atoms with E-state index in [9.17, 15) is 29.0 Å². The van der Waals surface area contributed by atoms with Gasteiger partial charge in [-0.25, -0.2) is 0 Å². The van der Waals surface area contributed by atoms with Crippen LogP contribution in [0.25, 0.3) is 0 Å². The lowest BCUT2D eigenvalue weighted by Crippen LogP contribution is -2.53. The monoisotopic (exact) mass is 411 g/mol. The minimum absolute atomic E-state index is 0.177. The molecular formula is C22H20F3N5. The number of benzene rings is 1. The van der Waals surface area contributed by atoms with E-state index in [1.165, 1.54) is 18.2 Å². The third kappa shape index (κ3) is 3.26. The number of nitriles is 3. The summed E-state index contributed by atoms with van der Waals surface area (Å²) in [7, 11) is 0. The molecule has 1 aliphatic heterocycles. The van der Waals surface area contributed by atoms with Crippen molar-refractivity contribution in [3.05, 3.63) is 47.0 Å². The summed E-state index contributed by atoms with van der Waals surface area (Å²) in [4.78, 5) is 2.04. The predicted molar refractivity (Wildman–Crippen MR) is 103 cm³/mol. The van der Waals surface area contributed by atoms with Crippen molar-refractivity contribution in [2.24, 2.45) is 17.3 Å². The van der Waals surface area contributed by atoms with Crippen LogP contribution >= 0.6 is 0 Å². The third-order valence-electron chi connectivity index (χ3n) is 6.01. The number of hydrogen-bond acceptors (Lipinski definition) is 5. The van der Waals surface area contributed by atoms with E-state index in [0.717, 1.165) is 12.5 Å². The van der Waals surface area contributed by atoms with Crippen molar-refractivity contribution in [2.75, 3.05) is 19.6 Å². The first-order valence-electron chi connectivity index (χ1n) is 9.64. The molecule has 1 saturated carbocycles. The Kier molecular flexibility index (Phi) is 5.70. The summed E-state index contributed by atoms with van der Waals surface area (Å²) in [6.07, 6.45) is -2.06. The van der Waals surface area contributed by atoms with Crippen LogP contribution in [-0.2, 0) is 6.18 Å². The molecular weight excluding hydrogens is 391 g/mol. The van der Waals surface area contributed by atoms with E-state index in [2.05, 4.69) is 0 Å². The van der Waals surface area contributed by atoms with Crippen LogP contribution in [0.4, 0.5) is 13.2 Å². The molecule has 1 fully saturated rings. The number of fused-ring (bicyclic) bond motifs is 1. The van der Waals surface area contributed by atoms with Gasteiger partial charge in [-0.15, -0.1) is 0 Å². The maximum Gasteiger partial charge on any atom is 0.416 e. The van der Waals surface area contributed by atoms with Crippen LogP contribution in [0.1, 0.15) is 30.4 Å². The number of hydrogen-bond donors (Lipinski definition) is 1. The van der Waals surface area contributed by atoms with Crippen molar-refractivity contribution >= 4 is 5.71 Å². The van der Waals surface area contributed by atoms with Crippen molar-refractivity contribution in [3.8, 4) is 18.2 Å². The summed E-state index contributed by atoms with van der Waals surface area (Å²) < 4.78 is 41.5. The van der Waals surface area contributed by atoms with Gasteiger partial charge in [-0.3, -0.25) is 4.90 Å². The highest BCUT2D eigenvalue weighted by Crippen LogP contribution is 2.55. The third-order valence-corrected chi connectivity index (χ3v) is 6.01. The van der Waals surface area contributed by atoms with Crippen molar-refractivity contribution in [1.29, 1.82) is 21.2 Å². The average Bonchev–Trinajstić information content (AvgIpc) is 2.73. The van der Waals surface area contributed by atoms with Crippen molar-refractivity contribution in [1.82, 2.24) is 4.90 Å². The van der Waals surface area contributed by atoms with E-state index >= 15 is 0 Å². The molecule has 30 heavy (non-hydrogen) atoms. The highest BCUT2D eigenvalue weighted by atomic mass is 19.4. The van der Waals surface area contributed by atoms with E-state index in [1.807, 2.05) is 30.0 Å². The van der Waals surface area contributed by atoms with Crippen molar-refractivity contribution < 1.29 is 13.2 Å². The van der Waals surface area contributed by atoms with Gasteiger partial charge >= 0.3 is 6.18 Å². The van der Waals surface area contributed by atoms with Gasteiger partial charge in [0.25, 0.3) is 0 Å². The quantitative estimate of drug-likeness (QED) is 0.751. The van der Waals surface area contributed by atoms with Gasteiger partial charge in [0.1, 0.15) is 5.92 Å². The molecule has 3 atom stereocenters. The van der Waals surface area contributed by atoms with E-state index in [0.29, 0.717) is 25.2 Å². The molecule has 154 valence electrons. The summed E-state index contributed by atoms with van der Waals surface area (Å²) in [6.45, 7) is 3.53. The second kappa shape index (κ2) is 7.94. The number of alkyl halides is 3. The Labute approximate surface area is 173 Å². The zero-order valence-electron chi connectivity index (χ0n) is 16.4. The molecule has 1 aliphatic carbocycles. The molecule has 0 spiro atoms. The van der Waals surface area contributed by atoms with Gasteiger partial charge < -0.3 is 5.41 Å². The van der Waals surface area contributed by atoms with Crippen LogP contribution < -0.4 is 0 Å². The maximum absolute atomic E-state index is 13.8.